The quantitative estimate of drug-likeness (QED) is 0.755. The van der Waals surface area contributed by atoms with Gasteiger partial charge in [-0.05, 0) is 19.9 Å². The topological polar surface area (TPSA) is 40.5 Å². The molecule has 1 unspecified atom stereocenters. The fourth-order valence-corrected chi connectivity index (χ4v) is 1.35. The van der Waals surface area contributed by atoms with Crippen molar-refractivity contribution in [2.45, 2.75) is 38.9 Å². The number of rotatable bonds is 6. The Balaban J connectivity index is 4.30. The third-order valence-corrected chi connectivity index (χ3v) is 1.99. The van der Waals surface area contributed by atoms with Gasteiger partial charge in [-0.1, -0.05) is 6.92 Å². The van der Waals surface area contributed by atoms with E-state index in [-0.39, 0.29) is 13.0 Å². The van der Waals surface area contributed by atoms with Crippen LogP contribution in [0.4, 0.5) is 13.2 Å². The molecule has 0 bridgehead atoms. The summed E-state index contributed by atoms with van der Waals surface area (Å²) in [5.41, 5.74) is 0. The maximum absolute atomic E-state index is 12.1. The van der Waals surface area contributed by atoms with E-state index in [9.17, 15) is 18.0 Å². The van der Waals surface area contributed by atoms with Crippen LogP contribution >= 0.6 is 0 Å². The summed E-state index contributed by atoms with van der Waals surface area (Å²) in [6.07, 6.45) is -3.97. The second-order valence-corrected chi connectivity index (χ2v) is 3.53. The predicted octanol–water partition coefficient (Wildman–Crippen LogP) is 2.12. The summed E-state index contributed by atoms with van der Waals surface area (Å²) in [4.78, 5) is 11.5. The van der Waals surface area contributed by atoms with Crippen LogP contribution in [0.3, 0.4) is 0 Å². The van der Waals surface area contributed by atoms with Gasteiger partial charge in [0.15, 0.2) is 0 Å². The van der Waals surface area contributed by atoms with Gasteiger partial charge in [-0.15, -0.1) is 0 Å². The molecule has 15 heavy (non-hydrogen) atoms. The summed E-state index contributed by atoms with van der Waals surface area (Å²) in [5, 5.41) is 8.49. The highest BCUT2D eigenvalue weighted by atomic mass is 19.4. The van der Waals surface area contributed by atoms with Crippen molar-refractivity contribution in [3.8, 4) is 0 Å². The summed E-state index contributed by atoms with van der Waals surface area (Å²) < 4.78 is 36.4. The molecule has 0 aliphatic rings. The molecule has 0 aliphatic carbocycles. The van der Waals surface area contributed by atoms with Crippen molar-refractivity contribution in [2.24, 2.45) is 0 Å². The van der Waals surface area contributed by atoms with Crippen LogP contribution in [0.1, 0.15) is 26.7 Å². The van der Waals surface area contributed by atoms with Gasteiger partial charge in [0.2, 0.25) is 0 Å². The van der Waals surface area contributed by atoms with Crippen LogP contribution in [0, 0.1) is 0 Å². The number of carbonyl (C=O) groups is 1. The van der Waals surface area contributed by atoms with Crippen LogP contribution in [-0.2, 0) is 4.79 Å². The molecule has 0 heterocycles. The van der Waals surface area contributed by atoms with Gasteiger partial charge >= 0.3 is 12.1 Å². The van der Waals surface area contributed by atoms with E-state index in [0.29, 0.717) is 6.42 Å². The molecule has 0 radical (unpaired) electrons. The van der Waals surface area contributed by atoms with E-state index in [2.05, 4.69) is 0 Å². The summed E-state index contributed by atoms with van der Waals surface area (Å²) in [7, 11) is 0. The zero-order chi connectivity index (χ0) is 12.1. The first-order valence-corrected chi connectivity index (χ1v) is 4.79. The van der Waals surface area contributed by atoms with Crippen molar-refractivity contribution in [2.75, 3.05) is 13.1 Å². The van der Waals surface area contributed by atoms with Gasteiger partial charge < -0.3 is 5.11 Å². The zero-order valence-corrected chi connectivity index (χ0v) is 8.84. The molecule has 0 aromatic carbocycles. The average Bonchev–Trinajstić information content (AvgIpc) is 1.99. The van der Waals surface area contributed by atoms with Gasteiger partial charge in [-0.25, -0.2) is 0 Å². The minimum atomic E-state index is -4.28. The van der Waals surface area contributed by atoms with Crippen molar-refractivity contribution in [3.63, 3.8) is 0 Å². The molecule has 1 N–H and O–H groups in total. The van der Waals surface area contributed by atoms with Crippen LogP contribution in [0.15, 0.2) is 0 Å². The minimum Gasteiger partial charge on any atom is -0.481 e. The molecule has 0 amide bonds. The van der Waals surface area contributed by atoms with E-state index in [1.165, 1.54) is 6.92 Å². The molecule has 0 fully saturated rings. The third-order valence-electron chi connectivity index (χ3n) is 1.99. The Morgan fingerprint density at radius 2 is 2.00 bits per heavy atom. The molecule has 0 aromatic heterocycles. The lowest BCUT2D eigenvalue weighted by Crippen LogP contribution is -2.41. The van der Waals surface area contributed by atoms with E-state index in [4.69, 9.17) is 5.11 Å². The molecule has 3 nitrogen and oxygen atoms in total. The maximum atomic E-state index is 12.1. The fraction of sp³-hybridized carbons (Fsp3) is 0.889. The normalized spacial score (nSPS) is 14.3. The van der Waals surface area contributed by atoms with Gasteiger partial charge in [0.05, 0.1) is 13.0 Å². The van der Waals surface area contributed by atoms with E-state index in [1.807, 2.05) is 0 Å². The smallest absolute Gasteiger partial charge is 0.401 e. The number of hydrogen-bond donors (Lipinski definition) is 1. The molecule has 0 aliphatic heterocycles. The second kappa shape index (κ2) is 5.95. The van der Waals surface area contributed by atoms with Crippen LogP contribution in [-0.4, -0.2) is 41.3 Å². The van der Waals surface area contributed by atoms with Crippen LogP contribution in [0.25, 0.3) is 0 Å². The largest absolute Gasteiger partial charge is 0.481 e. The average molecular weight is 227 g/mol. The lowest BCUT2D eigenvalue weighted by molar-refractivity contribution is -0.154. The molecule has 90 valence electrons. The maximum Gasteiger partial charge on any atom is 0.401 e. The van der Waals surface area contributed by atoms with Gasteiger partial charge in [0.1, 0.15) is 0 Å². The molecule has 1 atom stereocenters. The Labute approximate surface area is 86.9 Å². The number of alkyl halides is 3. The van der Waals surface area contributed by atoms with Gasteiger partial charge in [0, 0.05) is 6.04 Å². The minimum absolute atomic E-state index is 0.258. The van der Waals surface area contributed by atoms with Gasteiger partial charge in [0.25, 0.3) is 0 Å². The Morgan fingerprint density at radius 3 is 2.33 bits per heavy atom. The van der Waals surface area contributed by atoms with Crippen molar-refractivity contribution >= 4 is 5.97 Å². The van der Waals surface area contributed by atoms with Crippen molar-refractivity contribution in [1.29, 1.82) is 0 Å². The monoisotopic (exact) mass is 227 g/mol. The fourth-order valence-electron chi connectivity index (χ4n) is 1.35. The Bertz CT molecular complexity index is 206. The number of hydrogen-bond acceptors (Lipinski definition) is 2. The number of aliphatic carboxylic acids is 1. The summed E-state index contributed by atoms with van der Waals surface area (Å²) >= 11 is 0. The second-order valence-electron chi connectivity index (χ2n) is 3.53. The number of halogens is 3. The first kappa shape index (κ1) is 14.2. The van der Waals surface area contributed by atoms with Crippen molar-refractivity contribution < 1.29 is 23.1 Å². The van der Waals surface area contributed by atoms with Crippen LogP contribution in [0.2, 0.25) is 0 Å². The molecular formula is C9H16F3NO2. The molecule has 0 rings (SSSR count). The number of carboxylic acid groups (broad SMARTS) is 1. The Hall–Kier alpha value is -0.780. The first-order valence-electron chi connectivity index (χ1n) is 4.79. The van der Waals surface area contributed by atoms with E-state index in [1.54, 1.807) is 6.92 Å². The van der Waals surface area contributed by atoms with E-state index >= 15 is 0 Å². The summed E-state index contributed by atoms with van der Waals surface area (Å²) in [5.74, 6) is -1.08. The highest BCUT2D eigenvalue weighted by Gasteiger charge is 2.32. The van der Waals surface area contributed by atoms with Gasteiger partial charge in [-0.3, -0.25) is 9.69 Å². The highest BCUT2D eigenvalue weighted by Crippen LogP contribution is 2.19. The van der Waals surface area contributed by atoms with Crippen LogP contribution in [0.5, 0.6) is 0 Å². The Morgan fingerprint density at radius 1 is 1.47 bits per heavy atom. The molecule has 0 saturated heterocycles. The van der Waals surface area contributed by atoms with Crippen molar-refractivity contribution in [3.05, 3.63) is 0 Å². The zero-order valence-electron chi connectivity index (χ0n) is 8.84. The lowest BCUT2D eigenvalue weighted by atomic mass is 10.2. The van der Waals surface area contributed by atoms with Crippen LogP contribution < -0.4 is 0 Å². The lowest BCUT2D eigenvalue weighted by Gasteiger charge is -2.28. The molecule has 6 heteroatoms. The predicted molar refractivity (Wildman–Crippen MR) is 49.6 cm³/mol. The third kappa shape index (κ3) is 7.18. The SMILES string of the molecule is CCCN(CC(F)(F)F)C(C)CC(=O)O. The highest BCUT2D eigenvalue weighted by molar-refractivity contribution is 5.67. The number of nitrogens with zero attached hydrogens (tertiary/aromatic N) is 1. The summed E-state index contributed by atoms with van der Waals surface area (Å²) in [6.45, 7) is 2.47. The Kier molecular flexibility index (Phi) is 5.64. The molecular weight excluding hydrogens is 211 g/mol. The molecule has 0 aromatic rings. The molecule has 0 spiro atoms. The number of carboxylic acids is 1. The van der Waals surface area contributed by atoms with Crippen molar-refractivity contribution in [1.82, 2.24) is 4.90 Å². The summed E-state index contributed by atoms with van der Waals surface area (Å²) in [6, 6.07) is -0.593. The van der Waals surface area contributed by atoms with E-state index < -0.39 is 24.7 Å². The van der Waals surface area contributed by atoms with E-state index in [0.717, 1.165) is 4.90 Å². The first-order chi connectivity index (χ1) is 6.76. The molecule has 0 saturated carbocycles. The van der Waals surface area contributed by atoms with Gasteiger partial charge in [-0.2, -0.15) is 13.2 Å². The standard InChI is InChI=1S/C9H16F3NO2/c1-3-4-13(6-9(10,11)12)7(2)5-8(14)15/h7H,3-6H2,1-2H3,(H,14,15).